The van der Waals surface area contributed by atoms with E-state index in [1.165, 1.54) is 0 Å². The molecule has 2 aromatic carbocycles. The van der Waals surface area contributed by atoms with E-state index in [4.69, 9.17) is 0 Å². The van der Waals surface area contributed by atoms with E-state index in [0.29, 0.717) is 0 Å². The van der Waals surface area contributed by atoms with Crippen LogP contribution in [0, 0.1) is 0 Å². The maximum atomic E-state index is 4.50. The van der Waals surface area contributed by atoms with Gasteiger partial charge in [-0.05, 0) is 0 Å². The number of hydrogen-bond donors (Lipinski definition) is 0. The number of benzene rings is 2. The zero-order chi connectivity index (χ0) is 25.2. The predicted molar refractivity (Wildman–Crippen MR) is 148 cm³/mol. The van der Waals surface area contributed by atoms with E-state index in [1.807, 2.05) is 48.8 Å². The van der Waals surface area contributed by atoms with Crippen LogP contribution in [-0.4, -0.2) is 65.7 Å². The van der Waals surface area contributed by atoms with Gasteiger partial charge in [0.1, 0.15) is 0 Å². The summed E-state index contributed by atoms with van der Waals surface area (Å²) in [6, 6.07) is 29.4. The standard InChI is InChI=1S/C27H28B2N6.Pt/c1-32(2)28-29(33(3)4)35(25-17-13-23(14-18-25)27-10-6-8-20-31-27)21-34(28)24-15-11-22(12-16-24)26-9-5-7-19-30-26;/h5-20H,1-4H3;. The molecular formula is C27H28B2N6Pt. The number of aromatic nitrogens is 2. The van der Waals surface area contributed by atoms with Crippen LogP contribution in [0.5, 0.6) is 0 Å². The molecule has 182 valence electrons. The predicted octanol–water partition coefficient (Wildman–Crippen LogP) is 3.95. The first kappa shape index (κ1) is 24.6. The van der Waals surface area contributed by atoms with Crippen molar-refractivity contribution in [1.29, 1.82) is 0 Å². The summed E-state index contributed by atoms with van der Waals surface area (Å²) in [4.78, 5) is 18.4. The molecule has 5 rings (SSSR count). The average molecular weight is 653 g/mol. The number of hydrogen-bond acceptors (Lipinski definition) is 6. The number of pyridine rings is 2. The zero-order valence-corrected chi connectivity index (χ0v) is 23.2. The Hall–Kier alpha value is -3.05. The third-order valence-electron chi connectivity index (χ3n) is 6.43. The Labute approximate surface area is 225 Å². The van der Waals surface area contributed by atoms with Crippen molar-refractivity contribution in [2.45, 2.75) is 0 Å². The monoisotopic (exact) mass is 653 g/mol. The fourth-order valence-electron chi connectivity index (χ4n) is 4.74. The summed E-state index contributed by atoms with van der Waals surface area (Å²) in [5.41, 5.74) is 6.49. The molecule has 9 heteroatoms. The fraction of sp³-hybridized carbons (Fsp3) is 0.148. The van der Waals surface area contributed by atoms with E-state index in [1.54, 1.807) is 0 Å². The van der Waals surface area contributed by atoms with Gasteiger partial charge in [0.2, 0.25) is 0 Å². The van der Waals surface area contributed by atoms with Crippen LogP contribution in [-0.2, 0) is 19.4 Å². The van der Waals surface area contributed by atoms with Gasteiger partial charge in [0.15, 0.2) is 0 Å². The molecule has 3 heterocycles. The zero-order valence-electron chi connectivity index (χ0n) is 20.9. The van der Waals surface area contributed by atoms with Crippen molar-refractivity contribution < 1.29 is 19.4 Å². The van der Waals surface area contributed by atoms with Crippen LogP contribution in [0.3, 0.4) is 0 Å². The van der Waals surface area contributed by atoms with Crippen LogP contribution < -0.4 is 9.62 Å². The second kappa shape index (κ2) is 10.5. The SMILES string of the molecule is CN(C)B1B(N(C)C)N(c2ccc(-c3ccccn3)cc2)[C](=[Pt])N1c1ccc(-c2ccccn2)cc1. The average Bonchev–Trinajstić information content (AvgIpc) is 3.23. The van der Waals surface area contributed by atoms with Crippen LogP contribution in [0.4, 0.5) is 11.4 Å². The van der Waals surface area contributed by atoms with Crippen LogP contribution >= 0.6 is 0 Å². The molecule has 0 radical (unpaired) electrons. The Morgan fingerprint density at radius 1 is 0.583 bits per heavy atom. The van der Waals surface area contributed by atoms with E-state index in [0.717, 1.165) is 38.0 Å². The van der Waals surface area contributed by atoms with Crippen molar-refractivity contribution >= 4 is 29.3 Å². The van der Waals surface area contributed by atoms with Gasteiger partial charge in [0, 0.05) is 0 Å². The van der Waals surface area contributed by atoms with Crippen molar-refractivity contribution in [1.82, 2.24) is 19.6 Å². The van der Waals surface area contributed by atoms with E-state index < -0.39 is 0 Å². The summed E-state index contributed by atoms with van der Waals surface area (Å²) in [6.45, 7) is 0.229. The molecule has 0 aliphatic carbocycles. The third-order valence-corrected chi connectivity index (χ3v) is 7.53. The molecule has 0 amide bonds. The summed E-state index contributed by atoms with van der Waals surface area (Å²) in [5, 5.41) is 0. The molecule has 0 saturated carbocycles. The van der Waals surface area contributed by atoms with Gasteiger partial charge in [-0.1, -0.05) is 0 Å². The first-order chi connectivity index (χ1) is 17.5. The van der Waals surface area contributed by atoms with Gasteiger partial charge in [0.25, 0.3) is 0 Å². The van der Waals surface area contributed by atoms with Crippen LogP contribution in [0.2, 0.25) is 0 Å². The van der Waals surface area contributed by atoms with Gasteiger partial charge in [-0.3, -0.25) is 0 Å². The van der Waals surface area contributed by atoms with Crippen LogP contribution in [0.25, 0.3) is 22.5 Å². The quantitative estimate of drug-likeness (QED) is 0.294. The van der Waals surface area contributed by atoms with Crippen molar-refractivity contribution in [3.8, 4) is 22.5 Å². The van der Waals surface area contributed by atoms with Crippen LogP contribution in [0.15, 0.2) is 97.3 Å². The van der Waals surface area contributed by atoms with Gasteiger partial charge in [0.05, 0.1) is 0 Å². The third kappa shape index (κ3) is 4.69. The summed E-state index contributed by atoms with van der Waals surface area (Å²) in [6.07, 6.45) is 3.67. The van der Waals surface area contributed by atoms with Gasteiger partial charge in [-0.15, -0.1) is 0 Å². The Morgan fingerprint density at radius 2 is 0.972 bits per heavy atom. The molecule has 6 nitrogen and oxygen atoms in total. The Kier molecular flexibility index (Phi) is 7.19. The second-order valence-electron chi connectivity index (χ2n) is 9.26. The molecule has 0 unspecified atom stereocenters. The van der Waals surface area contributed by atoms with Crippen LogP contribution in [0.1, 0.15) is 0 Å². The Morgan fingerprint density at radius 3 is 1.28 bits per heavy atom. The molecule has 0 spiro atoms. The fourth-order valence-corrected chi connectivity index (χ4v) is 5.92. The van der Waals surface area contributed by atoms with E-state index >= 15 is 0 Å². The Bertz CT molecular complexity index is 1220. The molecule has 0 atom stereocenters. The molecule has 4 aromatic rings. The topological polar surface area (TPSA) is 38.7 Å². The van der Waals surface area contributed by atoms with E-state index in [9.17, 15) is 0 Å². The first-order valence-electron chi connectivity index (χ1n) is 11.9. The normalized spacial score (nSPS) is 13.9. The van der Waals surface area contributed by atoms with Crippen molar-refractivity contribution in [2.24, 2.45) is 0 Å². The van der Waals surface area contributed by atoms with Gasteiger partial charge in [-0.25, -0.2) is 0 Å². The summed E-state index contributed by atoms with van der Waals surface area (Å²) in [7, 11) is 8.59. The molecule has 0 bridgehead atoms. The molecule has 1 saturated heterocycles. The molecule has 1 fully saturated rings. The summed E-state index contributed by atoms with van der Waals surface area (Å²) < 4.78 is 1.16. The Balaban J connectivity index is 1.51. The minimum absolute atomic E-state index is 0.115. The maximum absolute atomic E-state index is 4.50. The van der Waals surface area contributed by atoms with E-state index in [-0.39, 0.29) is 13.7 Å². The molecule has 1 aliphatic rings. The van der Waals surface area contributed by atoms with Crippen molar-refractivity contribution in [3.05, 3.63) is 97.3 Å². The van der Waals surface area contributed by atoms with Gasteiger partial charge >= 0.3 is 226 Å². The first-order valence-corrected chi connectivity index (χ1v) is 13.0. The van der Waals surface area contributed by atoms with Crippen molar-refractivity contribution in [2.75, 3.05) is 37.8 Å². The minimum atomic E-state index is 0.115. The number of anilines is 2. The second-order valence-corrected chi connectivity index (χ2v) is 10.3. The van der Waals surface area contributed by atoms with Crippen molar-refractivity contribution in [3.63, 3.8) is 0 Å². The van der Waals surface area contributed by atoms with Gasteiger partial charge < -0.3 is 0 Å². The number of rotatable bonds is 6. The number of nitrogens with zero attached hydrogens (tertiary/aromatic N) is 6. The summed E-state index contributed by atoms with van der Waals surface area (Å²) >= 11 is 2.47. The molecular weight excluding hydrogens is 625 g/mol. The molecule has 0 N–H and O–H groups in total. The van der Waals surface area contributed by atoms with E-state index in [2.05, 4.69) is 125 Å². The van der Waals surface area contributed by atoms with Gasteiger partial charge in [-0.2, -0.15) is 0 Å². The molecule has 2 aromatic heterocycles. The molecule has 1 aliphatic heterocycles. The molecule has 36 heavy (non-hydrogen) atoms. The summed E-state index contributed by atoms with van der Waals surface area (Å²) in [5.74, 6) is 0.